The zero-order chi connectivity index (χ0) is 26.4. The molecule has 0 saturated carbocycles. The number of rotatable bonds is 8. The maximum atomic E-state index is 14.4. The predicted octanol–water partition coefficient (Wildman–Crippen LogP) is 8.08. The van der Waals surface area contributed by atoms with E-state index in [1.165, 1.54) is 0 Å². The monoisotopic (exact) mass is 503 g/mol. The fourth-order valence-electron chi connectivity index (χ4n) is 7.34. The fourth-order valence-corrected chi connectivity index (χ4v) is 13.6. The van der Waals surface area contributed by atoms with Crippen molar-refractivity contribution < 1.29 is 14.6 Å². The Morgan fingerprint density at radius 1 is 1.00 bits per heavy atom. The molecule has 0 radical (unpaired) electrons. The number of phenolic OH excluding ortho intramolecular Hbond substituents is 1. The van der Waals surface area contributed by atoms with Crippen LogP contribution in [0.4, 0.5) is 0 Å². The second-order valence-corrected chi connectivity index (χ2v) is 17.7. The maximum Gasteiger partial charge on any atom is 0.208 e. The van der Waals surface area contributed by atoms with Crippen LogP contribution < -0.4 is 0 Å². The number of allylic oxidation sites excluding steroid dienone is 2. The quantitative estimate of drug-likeness (QED) is 0.305. The Morgan fingerprint density at radius 2 is 1.61 bits per heavy atom. The lowest BCUT2D eigenvalue weighted by atomic mass is 9.68. The summed E-state index contributed by atoms with van der Waals surface area (Å²) in [6.07, 6.45) is 1.95. The van der Waals surface area contributed by atoms with E-state index in [1.807, 2.05) is 18.3 Å². The summed E-state index contributed by atoms with van der Waals surface area (Å²) in [5, 5.41) is 11.2. The van der Waals surface area contributed by atoms with Crippen LogP contribution in [0.2, 0.25) is 22.7 Å². The van der Waals surface area contributed by atoms with Crippen LogP contribution in [0.5, 0.6) is 5.75 Å². The van der Waals surface area contributed by atoms with Gasteiger partial charge in [0.2, 0.25) is 5.78 Å². The third-order valence-corrected chi connectivity index (χ3v) is 16.6. The Balaban J connectivity index is 2.01. The second kappa shape index (κ2) is 9.58. The molecule has 0 bridgehead atoms. The molecule has 0 aliphatic heterocycles. The molecule has 0 spiro atoms. The van der Waals surface area contributed by atoms with Gasteiger partial charge in [0.1, 0.15) is 5.75 Å². The van der Waals surface area contributed by atoms with Gasteiger partial charge < -0.3 is 14.8 Å². The van der Waals surface area contributed by atoms with Gasteiger partial charge in [-0.1, -0.05) is 88.5 Å². The van der Waals surface area contributed by atoms with Crippen molar-refractivity contribution in [1.82, 2.24) is 4.98 Å². The molecule has 0 fully saturated rings. The molecule has 2 aromatic carbocycles. The zero-order valence-electron chi connectivity index (χ0n) is 23.0. The Kier molecular flexibility index (Phi) is 7.00. The topological polar surface area (TPSA) is 62.3 Å². The summed E-state index contributed by atoms with van der Waals surface area (Å²) in [6, 6.07) is 16.7. The average Bonchev–Trinajstić information content (AvgIpc) is 3.34. The third kappa shape index (κ3) is 3.83. The number of hydrogen-bond acceptors (Lipinski definition) is 3. The number of phenols is 1. The first-order valence-electron chi connectivity index (χ1n) is 13.2. The van der Waals surface area contributed by atoms with Crippen LogP contribution in [0.3, 0.4) is 0 Å². The minimum Gasteiger partial charge on any atom is -0.508 e. The number of aromatic nitrogens is 1. The highest BCUT2D eigenvalue weighted by Gasteiger charge is 2.57. The molecule has 192 valence electrons. The van der Waals surface area contributed by atoms with Crippen molar-refractivity contribution in [3.05, 3.63) is 77.2 Å². The number of benzene rings is 2. The van der Waals surface area contributed by atoms with Crippen LogP contribution in [0.15, 0.2) is 66.1 Å². The van der Waals surface area contributed by atoms with Crippen molar-refractivity contribution in [2.45, 2.75) is 82.5 Å². The molecule has 4 nitrogen and oxygen atoms in total. The lowest BCUT2D eigenvalue weighted by Gasteiger charge is -2.45. The molecule has 3 aromatic rings. The molecule has 0 amide bonds. The highest BCUT2D eigenvalue weighted by Crippen LogP contribution is 2.58. The van der Waals surface area contributed by atoms with Crippen LogP contribution in [-0.2, 0) is 14.9 Å². The van der Waals surface area contributed by atoms with E-state index in [4.69, 9.17) is 4.74 Å². The van der Waals surface area contributed by atoms with Crippen LogP contribution in [0, 0.1) is 0 Å². The van der Waals surface area contributed by atoms with Gasteiger partial charge in [0.25, 0.3) is 0 Å². The third-order valence-electron chi connectivity index (χ3n) is 9.18. The Morgan fingerprint density at radius 3 is 2.17 bits per heavy atom. The minimum atomic E-state index is -1.90. The first-order chi connectivity index (χ1) is 17.0. The van der Waals surface area contributed by atoms with E-state index in [0.29, 0.717) is 22.4 Å². The molecule has 1 aromatic heterocycles. The van der Waals surface area contributed by atoms with Gasteiger partial charge in [0, 0.05) is 23.0 Å². The maximum absolute atomic E-state index is 14.4. The van der Waals surface area contributed by atoms with Gasteiger partial charge in [-0.2, -0.15) is 0 Å². The van der Waals surface area contributed by atoms with E-state index < -0.39 is 13.5 Å². The van der Waals surface area contributed by atoms with E-state index in [2.05, 4.69) is 77.7 Å². The number of hydrogen-bond donors (Lipinski definition) is 2. The summed E-state index contributed by atoms with van der Waals surface area (Å²) in [6.45, 7) is 16.3. The largest absolute Gasteiger partial charge is 0.508 e. The highest BCUT2D eigenvalue weighted by atomic mass is 28.3. The molecule has 4 rings (SSSR count). The van der Waals surface area contributed by atoms with Gasteiger partial charge in [-0.3, -0.25) is 4.79 Å². The van der Waals surface area contributed by atoms with Crippen molar-refractivity contribution in [1.29, 1.82) is 0 Å². The standard InChI is InChI=1S/C31H41NO3Si/c1-19(2)36(20(3)4,21(5)6)18-25-28(22-12-10-9-11-13-22)31(7,30(34)29(25)35-8)26-17-32-27-15-14-23(33)16-24(26)27/h9-17,19-21,28,32-33H,18H2,1-8H3/t28-,31+/m1/s1. The SMILES string of the molecule is COC1=C(C[Si](C(C)C)(C(C)C)C(C)C)[C@@H](c2ccccc2)[C@](C)(c2c[nH]c3ccc(O)cc23)C1=O. The molecule has 2 N–H and O–H groups in total. The van der Waals surface area contributed by atoms with Crippen molar-refractivity contribution in [2.24, 2.45) is 0 Å². The van der Waals surface area contributed by atoms with E-state index in [0.717, 1.165) is 33.6 Å². The second-order valence-electron chi connectivity index (χ2n) is 11.6. The van der Waals surface area contributed by atoms with Gasteiger partial charge in [0.05, 0.1) is 20.6 Å². The predicted molar refractivity (Wildman–Crippen MR) is 151 cm³/mol. The number of nitrogens with one attached hydrogen (secondary N) is 1. The van der Waals surface area contributed by atoms with E-state index in [9.17, 15) is 9.90 Å². The molecule has 36 heavy (non-hydrogen) atoms. The molecule has 0 unspecified atom stereocenters. The molecule has 1 heterocycles. The number of H-pyrrole nitrogens is 1. The van der Waals surface area contributed by atoms with E-state index in [1.54, 1.807) is 19.2 Å². The smallest absolute Gasteiger partial charge is 0.208 e. The number of aromatic amines is 1. The summed E-state index contributed by atoms with van der Waals surface area (Å²) >= 11 is 0. The summed E-state index contributed by atoms with van der Waals surface area (Å²) in [4.78, 5) is 17.8. The molecule has 1 aliphatic rings. The van der Waals surface area contributed by atoms with Crippen LogP contribution in [0.25, 0.3) is 10.9 Å². The van der Waals surface area contributed by atoms with Crippen molar-refractivity contribution in [3.63, 3.8) is 0 Å². The number of carbonyl (C=O) groups is 1. The number of ketones is 1. The molecule has 5 heteroatoms. The van der Waals surface area contributed by atoms with Gasteiger partial charge in [-0.05, 0) is 47.9 Å². The summed E-state index contributed by atoms with van der Waals surface area (Å²) in [7, 11) is -0.259. The Bertz CT molecular complexity index is 1270. The number of aromatic hydroxyl groups is 1. The first kappa shape index (κ1) is 26.3. The number of ether oxygens (including phenoxy) is 1. The number of carbonyl (C=O) groups excluding carboxylic acids is 1. The lowest BCUT2D eigenvalue weighted by molar-refractivity contribution is -0.122. The normalized spacial score (nSPS) is 21.0. The van der Waals surface area contributed by atoms with Crippen LogP contribution in [-0.4, -0.2) is 31.1 Å². The van der Waals surface area contributed by atoms with E-state index in [-0.39, 0.29) is 17.5 Å². The van der Waals surface area contributed by atoms with Gasteiger partial charge in [0.15, 0.2) is 5.76 Å². The van der Waals surface area contributed by atoms with Crippen molar-refractivity contribution in [2.75, 3.05) is 7.11 Å². The van der Waals surface area contributed by atoms with Gasteiger partial charge in [-0.25, -0.2) is 0 Å². The number of methoxy groups -OCH3 is 1. The summed E-state index contributed by atoms with van der Waals surface area (Å²) in [5.74, 6) is 0.599. The van der Waals surface area contributed by atoms with Crippen molar-refractivity contribution >= 4 is 24.8 Å². The molecule has 1 aliphatic carbocycles. The van der Waals surface area contributed by atoms with Crippen LogP contribution in [0.1, 0.15) is 65.5 Å². The lowest BCUT2D eigenvalue weighted by Crippen LogP contribution is -2.45. The van der Waals surface area contributed by atoms with Crippen LogP contribution >= 0.6 is 0 Å². The number of Topliss-reactive ketones (excluding diaryl/α,β-unsaturated/α-hetero) is 1. The zero-order valence-corrected chi connectivity index (χ0v) is 24.0. The summed E-state index contributed by atoms with van der Waals surface area (Å²) < 4.78 is 5.99. The average molecular weight is 504 g/mol. The Labute approximate surface area is 216 Å². The van der Waals surface area contributed by atoms with Gasteiger partial charge in [-0.15, -0.1) is 0 Å². The van der Waals surface area contributed by atoms with E-state index >= 15 is 0 Å². The highest BCUT2D eigenvalue weighted by molar-refractivity contribution is 6.84. The molecular formula is C31H41NO3Si. The molecule has 0 saturated heterocycles. The fraction of sp³-hybridized carbons (Fsp3) is 0.452. The van der Waals surface area contributed by atoms with Crippen molar-refractivity contribution in [3.8, 4) is 5.75 Å². The van der Waals surface area contributed by atoms with Gasteiger partial charge >= 0.3 is 0 Å². The minimum absolute atomic E-state index is 0.0252. The molecule has 2 atom stereocenters. The Hall–Kier alpha value is -2.79. The molecular weight excluding hydrogens is 462 g/mol. The first-order valence-corrected chi connectivity index (χ1v) is 15.6. The number of fused-ring (bicyclic) bond motifs is 1. The summed E-state index contributed by atoms with van der Waals surface area (Å²) in [5.41, 5.74) is 4.91.